The number of hydrogen-bond donors (Lipinski definition) is 0. The molecule has 31 heavy (non-hydrogen) atoms. The second-order valence-electron chi connectivity index (χ2n) is 5.83. The van der Waals surface area contributed by atoms with Crippen molar-refractivity contribution < 1.29 is 42.4 Å². The molecule has 0 saturated carbocycles. The van der Waals surface area contributed by atoms with Crippen LogP contribution < -0.4 is 9.84 Å². The van der Waals surface area contributed by atoms with Crippen LogP contribution >= 0.6 is 0 Å². The smallest absolute Gasteiger partial charge is 0.431 e. The molecule has 10 heteroatoms. The fourth-order valence-electron chi connectivity index (χ4n) is 2.32. The molecule has 0 unspecified atom stereocenters. The number of aromatic nitrogens is 4. The molecule has 0 aliphatic carbocycles. The van der Waals surface area contributed by atoms with Gasteiger partial charge in [-0.1, -0.05) is 11.8 Å². The first-order valence-electron chi connectivity index (χ1n) is 8.53. The molecule has 4 aromatic rings. The van der Waals surface area contributed by atoms with E-state index < -0.39 is 11.9 Å². The molecule has 5 nitrogen and oxygen atoms in total. The zero-order chi connectivity index (χ0) is 21.6. The average Bonchev–Trinajstić information content (AvgIpc) is 3.26. The molecule has 163 valence electrons. The number of benzene rings is 1. The monoisotopic (exact) mass is 607 g/mol. The minimum absolute atomic E-state index is 0. The van der Waals surface area contributed by atoms with Gasteiger partial charge in [-0.2, -0.15) is 13.2 Å². The van der Waals surface area contributed by atoms with Crippen molar-refractivity contribution in [3.63, 3.8) is 0 Å². The molecule has 0 N–H and O–H groups in total. The van der Waals surface area contributed by atoms with Crippen LogP contribution in [-0.4, -0.2) is 22.2 Å². The molecule has 0 aliphatic heterocycles. The van der Waals surface area contributed by atoms with Crippen LogP contribution in [0.1, 0.15) is 5.69 Å². The molecular formula is C21H14F4IrN4O-2. The Balaban J connectivity index is 0.000000213. The van der Waals surface area contributed by atoms with Gasteiger partial charge in [0.1, 0.15) is 11.4 Å². The summed E-state index contributed by atoms with van der Waals surface area (Å²) in [5.41, 5.74) is 0.969. The van der Waals surface area contributed by atoms with Crippen molar-refractivity contribution >= 4 is 0 Å². The number of nitrogens with zero attached hydrogens (tertiary/aromatic N) is 4. The van der Waals surface area contributed by atoms with E-state index in [1.165, 1.54) is 18.3 Å². The third-order valence-corrected chi connectivity index (χ3v) is 3.77. The first-order chi connectivity index (χ1) is 14.4. The van der Waals surface area contributed by atoms with E-state index in [9.17, 15) is 17.6 Å². The van der Waals surface area contributed by atoms with Crippen LogP contribution in [0.15, 0.2) is 67.0 Å². The Hall–Kier alpha value is -3.10. The normalized spacial score (nSPS) is 10.5. The Morgan fingerprint density at radius 3 is 2.32 bits per heavy atom. The molecule has 3 aromatic heterocycles. The molecule has 4 rings (SSSR count). The third kappa shape index (κ3) is 6.70. The fraction of sp³-hybridized carbons (Fsp3) is 0.0952. The van der Waals surface area contributed by atoms with E-state index in [0.717, 1.165) is 17.4 Å². The molecule has 0 spiro atoms. The van der Waals surface area contributed by atoms with Gasteiger partial charge in [0.2, 0.25) is 0 Å². The van der Waals surface area contributed by atoms with Gasteiger partial charge in [-0.25, -0.2) is 0 Å². The van der Waals surface area contributed by atoms with E-state index in [0.29, 0.717) is 11.4 Å². The van der Waals surface area contributed by atoms with Gasteiger partial charge in [-0.15, -0.1) is 29.8 Å². The largest absolute Gasteiger partial charge is 0.573 e. The molecule has 0 bridgehead atoms. The van der Waals surface area contributed by atoms with Crippen molar-refractivity contribution in [1.82, 2.24) is 20.2 Å². The molecule has 0 fully saturated rings. The summed E-state index contributed by atoms with van der Waals surface area (Å²) in [6.45, 7) is 0. The second-order valence-corrected chi connectivity index (χ2v) is 5.83. The number of halogens is 4. The maximum Gasteiger partial charge on any atom is 0.431 e. The Bertz CT molecular complexity index is 1090. The molecule has 1 radical (unpaired) electrons. The number of rotatable bonds is 3. The average molecular weight is 607 g/mol. The first kappa shape index (κ1) is 24.2. The molecule has 3 heterocycles. The van der Waals surface area contributed by atoms with Crippen molar-refractivity contribution in [1.29, 1.82) is 0 Å². The summed E-state index contributed by atoms with van der Waals surface area (Å²) < 4.78 is 54.3. The number of ether oxygens (including phenoxy) is 1. The van der Waals surface area contributed by atoms with Gasteiger partial charge in [-0.05, 0) is 36.0 Å². The van der Waals surface area contributed by atoms with Crippen LogP contribution in [0.25, 0.3) is 22.6 Å². The Morgan fingerprint density at radius 2 is 1.74 bits per heavy atom. The predicted octanol–water partition coefficient (Wildman–Crippen LogP) is 4.81. The van der Waals surface area contributed by atoms with Gasteiger partial charge in [0, 0.05) is 44.0 Å². The minimum Gasteiger partial charge on any atom is -0.573 e. The van der Waals surface area contributed by atoms with Crippen LogP contribution in [0.5, 0.6) is 5.75 Å². The predicted molar refractivity (Wildman–Crippen MR) is 101 cm³/mol. The van der Waals surface area contributed by atoms with Crippen LogP contribution in [0.4, 0.5) is 17.6 Å². The zero-order valence-electron chi connectivity index (χ0n) is 15.9. The van der Waals surface area contributed by atoms with Crippen molar-refractivity contribution in [2.24, 2.45) is 0 Å². The summed E-state index contributed by atoms with van der Waals surface area (Å²) in [6.07, 6.45) is -1.33. The van der Waals surface area contributed by atoms with E-state index >= 15 is 0 Å². The molecule has 0 aliphatic rings. The number of alkyl halides is 3. The van der Waals surface area contributed by atoms with Gasteiger partial charge < -0.3 is 19.9 Å². The van der Waals surface area contributed by atoms with Gasteiger partial charge in [0.05, 0.1) is 7.11 Å². The van der Waals surface area contributed by atoms with Crippen LogP contribution in [0, 0.1) is 11.9 Å². The molecule has 0 saturated heterocycles. The Labute approximate surface area is 188 Å². The molecule has 0 atom stereocenters. The molecule has 1 aromatic carbocycles. The third-order valence-electron chi connectivity index (χ3n) is 3.77. The standard InChI is InChI=1S/C12H9FNO.C9H5F3N3.Ir/c1-15-11-6-7-14-12(8-11)9-2-4-10(13)5-3-9;10-9(11,12)8-5-7(14-15-8)6-3-1-2-4-13-6;/h2,4-8H,1H3;1-5H;/q2*-1;. The summed E-state index contributed by atoms with van der Waals surface area (Å²) in [5, 5.41) is 6.47. The van der Waals surface area contributed by atoms with E-state index in [1.54, 1.807) is 49.7 Å². The summed E-state index contributed by atoms with van der Waals surface area (Å²) in [7, 11) is 1.59. The van der Waals surface area contributed by atoms with Gasteiger partial charge in [-0.3, -0.25) is 9.37 Å². The first-order valence-corrected chi connectivity index (χ1v) is 8.53. The van der Waals surface area contributed by atoms with Crippen molar-refractivity contribution in [2.75, 3.05) is 7.11 Å². The van der Waals surface area contributed by atoms with E-state index in [2.05, 4.69) is 26.2 Å². The summed E-state index contributed by atoms with van der Waals surface area (Å²) in [4.78, 5) is 8.03. The van der Waals surface area contributed by atoms with Crippen LogP contribution in [-0.2, 0) is 26.3 Å². The van der Waals surface area contributed by atoms with Crippen molar-refractivity contribution in [3.8, 4) is 28.4 Å². The van der Waals surface area contributed by atoms with Gasteiger partial charge in [0.15, 0.2) is 0 Å². The number of hydrogen-bond acceptors (Lipinski definition) is 4. The zero-order valence-corrected chi connectivity index (χ0v) is 18.3. The van der Waals surface area contributed by atoms with E-state index in [1.807, 2.05) is 0 Å². The van der Waals surface area contributed by atoms with Gasteiger partial charge >= 0.3 is 6.18 Å². The fourth-order valence-corrected chi connectivity index (χ4v) is 2.32. The quantitative estimate of drug-likeness (QED) is 0.248. The van der Waals surface area contributed by atoms with E-state index in [-0.39, 0.29) is 31.6 Å². The van der Waals surface area contributed by atoms with Gasteiger partial charge in [0.25, 0.3) is 0 Å². The summed E-state index contributed by atoms with van der Waals surface area (Å²) in [6, 6.07) is 16.4. The SMILES string of the molecule is COc1ccnc(-c2[c-]cc(F)cc2)c1.FC(F)(F)c1cc(-c2ccccn2)[n-]n1.[Ir]. The molecule has 0 amide bonds. The van der Waals surface area contributed by atoms with E-state index in [4.69, 9.17) is 4.74 Å². The minimum atomic E-state index is -4.46. The summed E-state index contributed by atoms with van der Waals surface area (Å²) in [5.74, 6) is 0.416. The Kier molecular flexibility index (Phi) is 8.41. The van der Waals surface area contributed by atoms with Crippen LogP contribution in [0.3, 0.4) is 0 Å². The van der Waals surface area contributed by atoms with Crippen molar-refractivity contribution in [2.45, 2.75) is 6.18 Å². The maximum absolute atomic E-state index is 12.7. The van der Waals surface area contributed by atoms with Crippen molar-refractivity contribution in [3.05, 3.63) is 84.6 Å². The van der Waals surface area contributed by atoms with Crippen LogP contribution in [0.2, 0.25) is 0 Å². The summed E-state index contributed by atoms with van der Waals surface area (Å²) >= 11 is 0. The molecular weight excluding hydrogens is 592 g/mol. The Morgan fingerprint density at radius 1 is 0.968 bits per heavy atom. The number of pyridine rings is 2. The topological polar surface area (TPSA) is 62.0 Å². The maximum atomic E-state index is 12.7. The second kappa shape index (κ2) is 10.8. The number of methoxy groups -OCH3 is 1.